The van der Waals surface area contributed by atoms with Crippen LogP contribution >= 0.6 is 0 Å². The third-order valence-electron chi connectivity index (χ3n) is 3.64. The van der Waals surface area contributed by atoms with E-state index >= 15 is 0 Å². The number of esters is 1. The van der Waals surface area contributed by atoms with E-state index in [4.69, 9.17) is 9.47 Å². The average molecular weight is 183 g/mol. The highest BCUT2D eigenvalue weighted by atomic mass is 16.5. The molecular weight excluding hydrogens is 170 g/mol. The third-order valence-corrected chi connectivity index (χ3v) is 3.64. The average Bonchev–Trinajstić information content (AvgIpc) is 2.59. The summed E-state index contributed by atoms with van der Waals surface area (Å²) < 4.78 is 10.4. The van der Waals surface area contributed by atoms with Crippen LogP contribution in [0.25, 0.3) is 0 Å². The highest BCUT2D eigenvalue weighted by molar-refractivity contribution is 5.74. The summed E-state index contributed by atoms with van der Waals surface area (Å²) >= 11 is 0. The number of hydrogen-bond donors (Lipinski definition) is 0. The van der Waals surface area contributed by atoms with Crippen molar-refractivity contribution in [2.75, 3.05) is 14.2 Å². The van der Waals surface area contributed by atoms with Gasteiger partial charge in [0.15, 0.2) is 0 Å². The molecule has 0 aliphatic carbocycles. The van der Waals surface area contributed by atoms with Crippen LogP contribution in [-0.2, 0) is 14.3 Å². The Balaban J connectivity index is 1.79. The van der Waals surface area contributed by atoms with E-state index in [0.717, 1.165) is 6.42 Å². The van der Waals surface area contributed by atoms with Crippen LogP contribution < -0.4 is 0 Å². The minimum atomic E-state index is -0.105. The maximum absolute atomic E-state index is 11.4. The van der Waals surface area contributed by atoms with Crippen LogP contribution in [0, 0.1) is 5.92 Å². The minimum absolute atomic E-state index is 0.0128. The molecule has 13 heavy (non-hydrogen) atoms. The summed E-state index contributed by atoms with van der Waals surface area (Å²) in [5.41, 5.74) is 0. The van der Waals surface area contributed by atoms with Crippen molar-refractivity contribution in [2.45, 2.75) is 30.7 Å². The minimum Gasteiger partial charge on any atom is -0.469 e. The molecule has 72 valence electrons. The summed E-state index contributed by atoms with van der Waals surface area (Å²) in [7, 11) is 3.54. The monoisotopic (exact) mass is 183 g/mol. The zero-order valence-electron chi connectivity index (χ0n) is 7.77. The van der Waals surface area contributed by atoms with Gasteiger partial charge in [0.05, 0.1) is 37.3 Å². The first-order valence-corrected chi connectivity index (χ1v) is 4.69. The van der Waals surface area contributed by atoms with Crippen molar-refractivity contribution in [2.24, 2.45) is 5.92 Å². The molecule has 0 aromatic heterocycles. The SMILES string of the molecule is COC(=O)C1CC2OC1C1C2N1C. The molecule has 0 aromatic rings. The number of likely N-dealkylation sites (tertiary alicyclic amines) is 1. The van der Waals surface area contributed by atoms with Crippen molar-refractivity contribution in [3.05, 3.63) is 0 Å². The van der Waals surface area contributed by atoms with Gasteiger partial charge < -0.3 is 9.47 Å². The summed E-state index contributed by atoms with van der Waals surface area (Å²) in [4.78, 5) is 13.6. The first kappa shape index (κ1) is 7.76. The van der Waals surface area contributed by atoms with Crippen LogP contribution in [0.3, 0.4) is 0 Å². The lowest BCUT2D eigenvalue weighted by atomic mass is 9.89. The molecule has 0 N–H and O–H groups in total. The van der Waals surface area contributed by atoms with E-state index in [1.807, 2.05) is 0 Å². The summed E-state index contributed by atoms with van der Waals surface area (Å²) in [6, 6.07) is 1.08. The highest BCUT2D eigenvalue weighted by Crippen LogP contribution is 2.52. The Labute approximate surface area is 76.8 Å². The zero-order chi connectivity index (χ0) is 9.16. The van der Waals surface area contributed by atoms with E-state index < -0.39 is 0 Å². The fourth-order valence-electron chi connectivity index (χ4n) is 2.95. The maximum Gasteiger partial charge on any atom is 0.311 e. The van der Waals surface area contributed by atoms with Gasteiger partial charge in [-0.05, 0) is 13.5 Å². The molecule has 3 saturated heterocycles. The zero-order valence-corrected chi connectivity index (χ0v) is 7.77. The number of rotatable bonds is 1. The largest absolute Gasteiger partial charge is 0.469 e. The van der Waals surface area contributed by atoms with Crippen LogP contribution in [0.2, 0.25) is 0 Å². The molecule has 3 fully saturated rings. The topological polar surface area (TPSA) is 38.5 Å². The number of hydrogen-bond acceptors (Lipinski definition) is 4. The number of carbonyl (C=O) groups is 1. The van der Waals surface area contributed by atoms with Crippen LogP contribution in [-0.4, -0.2) is 49.3 Å². The Kier molecular flexibility index (Phi) is 1.34. The van der Waals surface area contributed by atoms with Crippen molar-refractivity contribution >= 4 is 5.97 Å². The fourth-order valence-corrected chi connectivity index (χ4v) is 2.95. The van der Waals surface area contributed by atoms with Gasteiger partial charge in [0.25, 0.3) is 0 Å². The van der Waals surface area contributed by atoms with Gasteiger partial charge in [-0.1, -0.05) is 0 Å². The van der Waals surface area contributed by atoms with Gasteiger partial charge in [0, 0.05) is 0 Å². The van der Waals surface area contributed by atoms with Gasteiger partial charge in [0.2, 0.25) is 0 Å². The van der Waals surface area contributed by atoms with Crippen molar-refractivity contribution in [3.8, 4) is 0 Å². The molecule has 6 unspecified atom stereocenters. The van der Waals surface area contributed by atoms with Gasteiger partial charge in [-0.2, -0.15) is 0 Å². The molecule has 4 nitrogen and oxygen atoms in total. The Bertz CT molecular complexity index is 266. The van der Waals surface area contributed by atoms with Gasteiger partial charge in [0.1, 0.15) is 0 Å². The van der Waals surface area contributed by atoms with Gasteiger partial charge in [-0.3, -0.25) is 9.69 Å². The lowest BCUT2D eigenvalue weighted by molar-refractivity contribution is -0.147. The van der Waals surface area contributed by atoms with E-state index in [9.17, 15) is 4.79 Å². The number of carbonyl (C=O) groups excluding carboxylic acids is 1. The predicted octanol–water partition coefficient (Wildman–Crippen LogP) is -0.371. The highest BCUT2D eigenvalue weighted by Gasteiger charge is 2.68. The molecule has 0 amide bonds. The quantitative estimate of drug-likeness (QED) is 0.410. The molecule has 4 heteroatoms. The van der Waals surface area contributed by atoms with E-state index in [1.54, 1.807) is 0 Å². The van der Waals surface area contributed by atoms with Gasteiger partial charge >= 0.3 is 5.97 Å². The first-order valence-electron chi connectivity index (χ1n) is 4.69. The Morgan fingerprint density at radius 1 is 1.54 bits per heavy atom. The Hall–Kier alpha value is -0.610. The molecule has 0 radical (unpaired) electrons. The normalized spacial score (nSPS) is 56.2. The summed E-state index contributed by atoms with van der Waals surface area (Å²) in [6.07, 6.45) is 1.24. The number of methoxy groups -OCH3 is 1. The number of likely N-dealkylation sites (N-methyl/N-ethyl adjacent to an activating group) is 1. The molecule has 3 heterocycles. The van der Waals surface area contributed by atoms with Crippen LogP contribution in [0.5, 0.6) is 0 Å². The molecule has 0 saturated carbocycles. The number of fused-ring (bicyclic) bond motifs is 5. The van der Waals surface area contributed by atoms with Crippen LogP contribution in [0.4, 0.5) is 0 Å². The fraction of sp³-hybridized carbons (Fsp3) is 0.889. The molecule has 6 atom stereocenters. The predicted molar refractivity (Wildman–Crippen MR) is 44.1 cm³/mol. The smallest absolute Gasteiger partial charge is 0.311 e. The molecule has 3 aliphatic rings. The van der Waals surface area contributed by atoms with Gasteiger partial charge in [-0.25, -0.2) is 0 Å². The van der Waals surface area contributed by atoms with Gasteiger partial charge in [-0.15, -0.1) is 0 Å². The van der Waals surface area contributed by atoms with Crippen molar-refractivity contribution < 1.29 is 14.3 Å². The number of morpholine rings is 1. The molecule has 2 bridgehead atoms. The summed E-state index contributed by atoms with van der Waals surface area (Å²) in [5, 5.41) is 0. The number of nitrogens with zero attached hydrogens (tertiary/aromatic N) is 1. The second-order valence-corrected chi connectivity index (χ2v) is 4.15. The Morgan fingerprint density at radius 3 is 2.92 bits per heavy atom. The van der Waals surface area contributed by atoms with Crippen LogP contribution in [0.1, 0.15) is 6.42 Å². The second kappa shape index (κ2) is 2.25. The van der Waals surface area contributed by atoms with E-state index in [0.29, 0.717) is 12.1 Å². The lowest BCUT2D eigenvalue weighted by Gasteiger charge is -2.14. The van der Waals surface area contributed by atoms with Crippen molar-refractivity contribution in [3.63, 3.8) is 0 Å². The second-order valence-electron chi connectivity index (χ2n) is 4.15. The first-order chi connectivity index (χ1) is 6.24. The molecule has 0 aromatic carbocycles. The van der Waals surface area contributed by atoms with E-state index in [-0.39, 0.29) is 24.1 Å². The maximum atomic E-state index is 11.4. The molecule has 3 aliphatic heterocycles. The third kappa shape index (κ3) is 0.802. The number of ether oxygens (including phenoxy) is 2. The summed E-state index contributed by atoms with van der Waals surface area (Å²) in [6.45, 7) is 0. The van der Waals surface area contributed by atoms with Crippen molar-refractivity contribution in [1.29, 1.82) is 0 Å². The Morgan fingerprint density at radius 2 is 2.31 bits per heavy atom. The molecular formula is C9H13NO3. The standard InChI is InChI=1S/C9H13NO3/c1-10-6-5-3-4(9(11)12-2)8(13-5)7(6)10/h4-8H,3H2,1-2H3. The van der Waals surface area contributed by atoms with E-state index in [1.165, 1.54) is 7.11 Å². The van der Waals surface area contributed by atoms with E-state index in [2.05, 4.69) is 11.9 Å². The molecule has 3 rings (SSSR count). The summed E-state index contributed by atoms with van der Waals surface area (Å²) in [5.74, 6) is -0.118. The van der Waals surface area contributed by atoms with Crippen molar-refractivity contribution in [1.82, 2.24) is 4.90 Å². The lowest BCUT2D eigenvalue weighted by Crippen LogP contribution is -2.31. The molecule has 0 spiro atoms. The van der Waals surface area contributed by atoms with Crippen LogP contribution in [0.15, 0.2) is 0 Å².